The number of halogens is 1. The largest absolute Gasteiger partial charge is 0.458 e. The maximum atomic E-state index is 13.2. The third kappa shape index (κ3) is 2.27. The molecule has 1 aromatic carbocycles. The molecule has 98 valence electrons. The fourth-order valence-corrected chi connectivity index (χ4v) is 2.79. The normalized spacial score (nSPS) is 13.0. The second kappa shape index (κ2) is 4.75. The van der Waals surface area contributed by atoms with Gasteiger partial charge in [-0.3, -0.25) is 4.98 Å². The summed E-state index contributed by atoms with van der Waals surface area (Å²) >= 11 is 1.49. The van der Waals surface area contributed by atoms with Gasteiger partial charge in [0.15, 0.2) is 0 Å². The zero-order chi connectivity index (χ0) is 13.4. The number of aryl methyl sites for hydroxylation is 1. The summed E-state index contributed by atoms with van der Waals surface area (Å²) in [5.41, 5.74) is 3.10. The molecule has 3 nitrogen and oxygen atoms in total. The molecule has 19 heavy (non-hydrogen) atoms. The molecule has 0 saturated heterocycles. The number of furan rings is 1. The molecule has 0 aliphatic heterocycles. The minimum absolute atomic E-state index is 0.306. The number of rotatable bonds is 3. The lowest BCUT2D eigenvalue weighted by Gasteiger charge is -2.06. The van der Waals surface area contributed by atoms with Crippen molar-refractivity contribution in [2.45, 2.75) is 19.4 Å². The first kappa shape index (κ1) is 12.3. The number of hydrogen-bond acceptors (Lipinski definition) is 4. The van der Waals surface area contributed by atoms with Gasteiger partial charge in [-0.05, 0) is 25.1 Å². The van der Waals surface area contributed by atoms with Gasteiger partial charge in [0.05, 0.1) is 5.51 Å². The monoisotopic (exact) mass is 277 g/mol. The third-order valence-corrected chi connectivity index (χ3v) is 3.92. The number of aliphatic hydroxyl groups is 1. The van der Waals surface area contributed by atoms with Crippen LogP contribution < -0.4 is 0 Å². The zero-order valence-corrected chi connectivity index (χ0v) is 11.1. The van der Waals surface area contributed by atoms with E-state index in [4.69, 9.17) is 4.42 Å². The topological polar surface area (TPSA) is 46.3 Å². The van der Waals surface area contributed by atoms with Crippen molar-refractivity contribution in [3.8, 4) is 0 Å². The second-order valence-corrected chi connectivity index (χ2v) is 5.39. The van der Waals surface area contributed by atoms with E-state index in [1.807, 2.05) is 6.92 Å². The summed E-state index contributed by atoms with van der Waals surface area (Å²) in [5, 5.41) is 10.9. The molecule has 3 aromatic rings. The van der Waals surface area contributed by atoms with Crippen LogP contribution in [-0.4, -0.2) is 10.1 Å². The Morgan fingerprint density at radius 3 is 3.05 bits per heavy atom. The fourth-order valence-electron chi connectivity index (χ4n) is 2.16. The molecule has 0 aliphatic rings. The van der Waals surface area contributed by atoms with Gasteiger partial charge in [-0.2, -0.15) is 0 Å². The number of benzene rings is 1. The predicted octanol–water partition coefficient (Wildman–Crippen LogP) is 3.61. The van der Waals surface area contributed by atoms with Crippen LogP contribution in [0.25, 0.3) is 11.0 Å². The van der Waals surface area contributed by atoms with Crippen LogP contribution in [0.5, 0.6) is 0 Å². The highest BCUT2D eigenvalue weighted by molar-refractivity contribution is 7.09. The third-order valence-electron chi connectivity index (χ3n) is 3.12. The fraction of sp³-hybridized carbons (Fsp3) is 0.214. The Hall–Kier alpha value is -1.72. The van der Waals surface area contributed by atoms with Gasteiger partial charge in [-0.1, -0.05) is 0 Å². The Balaban J connectivity index is 1.98. The van der Waals surface area contributed by atoms with Crippen LogP contribution in [0.15, 0.2) is 34.3 Å². The summed E-state index contributed by atoms with van der Waals surface area (Å²) in [4.78, 5) is 4.96. The van der Waals surface area contributed by atoms with Gasteiger partial charge in [0.25, 0.3) is 0 Å². The van der Waals surface area contributed by atoms with E-state index in [2.05, 4.69) is 4.98 Å². The van der Waals surface area contributed by atoms with Crippen LogP contribution in [-0.2, 0) is 6.42 Å². The smallest absolute Gasteiger partial charge is 0.137 e. The second-order valence-electron chi connectivity index (χ2n) is 4.42. The SMILES string of the molecule is Cc1c(C(O)Cc2cncs2)oc2ccc(F)cc12. The summed E-state index contributed by atoms with van der Waals surface area (Å²) in [6.45, 7) is 1.83. The number of hydrogen-bond donors (Lipinski definition) is 1. The lowest BCUT2D eigenvalue weighted by molar-refractivity contribution is 0.152. The molecule has 0 bridgehead atoms. The van der Waals surface area contributed by atoms with Crippen LogP contribution in [0.3, 0.4) is 0 Å². The van der Waals surface area contributed by atoms with Crippen molar-refractivity contribution in [1.29, 1.82) is 0 Å². The minimum Gasteiger partial charge on any atom is -0.458 e. The molecule has 3 rings (SSSR count). The molecule has 2 heterocycles. The maximum absolute atomic E-state index is 13.2. The van der Waals surface area contributed by atoms with Crippen molar-refractivity contribution in [2.75, 3.05) is 0 Å². The van der Waals surface area contributed by atoms with Gasteiger partial charge >= 0.3 is 0 Å². The molecule has 0 spiro atoms. The highest BCUT2D eigenvalue weighted by atomic mass is 32.1. The number of fused-ring (bicyclic) bond motifs is 1. The van der Waals surface area contributed by atoms with E-state index >= 15 is 0 Å². The first-order valence-electron chi connectivity index (χ1n) is 5.89. The number of thiazole rings is 1. The van der Waals surface area contributed by atoms with Crippen LogP contribution >= 0.6 is 11.3 Å². The molecule has 0 fully saturated rings. The summed E-state index contributed by atoms with van der Waals surface area (Å²) < 4.78 is 18.9. The van der Waals surface area contributed by atoms with Crippen LogP contribution in [0.4, 0.5) is 4.39 Å². The maximum Gasteiger partial charge on any atom is 0.137 e. The number of aliphatic hydroxyl groups excluding tert-OH is 1. The molecule has 1 unspecified atom stereocenters. The standard InChI is InChI=1S/C14H12FNO2S/c1-8-11-4-9(15)2-3-13(11)18-14(8)12(17)5-10-6-16-7-19-10/h2-4,6-7,12,17H,5H2,1H3. The molecule has 0 radical (unpaired) electrons. The van der Waals surface area contributed by atoms with E-state index in [1.165, 1.54) is 23.5 Å². The van der Waals surface area contributed by atoms with Crippen molar-refractivity contribution >= 4 is 22.3 Å². The Morgan fingerprint density at radius 2 is 2.32 bits per heavy atom. The van der Waals surface area contributed by atoms with Gasteiger partial charge in [0.2, 0.25) is 0 Å². The molecular formula is C14H12FNO2S. The van der Waals surface area contributed by atoms with Crippen molar-refractivity contribution < 1.29 is 13.9 Å². The van der Waals surface area contributed by atoms with Gasteiger partial charge in [-0.15, -0.1) is 11.3 Å². The average molecular weight is 277 g/mol. The van der Waals surface area contributed by atoms with Crippen molar-refractivity contribution in [2.24, 2.45) is 0 Å². The van der Waals surface area contributed by atoms with Crippen LogP contribution in [0.1, 0.15) is 22.3 Å². The molecule has 0 aliphatic carbocycles. The minimum atomic E-state index is -0.740. The van der Waals surface area contributed by atoms with Crippen molar-refractivity contribution in [3.05, 3.63) is 51.9 Å². The molecule has 0 amide bonds. The summed E-state index contributed by atoms with van der Waals surface area (Å²) in [5.74, 6) is 0.189. The lowest BCUT2D eigenvalue weighted by Crippen LogP contribution is -2.00. The number of nitrogens with zero attached hydrogens (tertiary/aromatic N) is 1. The molecular weight excluding hydrogens is 265 g/mol. The van der Waals surface area contributed by atoms with E-state index in [-0.39, 0.29) is 5.82 Å². The first-order valence-corrected chi connectivity index (χ1v) is 6.77. The van der Waals surface area contributed by atoms with E-state index in [1.54, 1.807) is 17.8 Å². The molecule has 1 N–H and O–H groups in total. The summed E-state index contributed by atoms with van der Waals surface area (Å²) in [7, 11) is 0. The molecule has 1 atom stereocenters. The van der Waals surface area contributed by atoms with Gasteiger partial charge < -0.3 is 9.52 Å². The molecule has 0 saturated carbocycles. The van der Waals surface area contributed by atoms with E-state index in [0.717, 1.165) is 10.4 Å². The highest BCUT2D eigenvalue weighted by Gasteiger charge is 2.19. The number of aromatic nitrogens is 1. The zero-order valence-electron chi connectivity index (χ0n) is 10.3. The Bertz CT molecular complexity index is 706. The van der Waals surface area contributed by atoms with Gasteiger partial charge in [0, 0.05) is 28.4 Å². The lowest BCUT2D eigenvalue weighted by atomic mass is 10.1. The Kier molecular flexibility index (Phi) is 3.08. The quantitative estimate of drug-likeness (QED) is 0.795. The van der Waals surface area contributed by atoms with Crippen molar-refractivity contribution in [1.82, 2.24) is 4.98 Å². The van der Waals surface area contributed by atoms with E-state index in [9.17, 15) is 9.50 Å². The summed E-state index contributed by atoms with van der Waals surface area (Å²) in [6.07, 6.45) is 1.44. The van der Waals surface area contributed by atoms with Crippen molar-refractivity contribution in [3.63, 3.8) is 0 Å². The van der Waals surface area contributed by atoms with E-state index in [0.29, 0.717) is 23.2 Å². The molecule has 2 aromatic heterocycles. The van der Waals surface area contributed by atoms with Gasteiger partial charge in [0.1, 0.15) is 23.3 Å². The highest BCUT2D eigenvalue weighted by Crippen LogP contribution is 2.31. The predicted molar refractivity (Wildman–Crippen MR) is 71.7 cm³/mol. The van der Waals surface area contributed by atoms with Crippen LogP contribution in [0, 0.1) is 12.7 Å². The average Bonchev–Trinajstić information content (AvgIpc) is 2.98. The first-order chi connectivity index (χ1) is 9.15. The summed E-state index contributed by atoms with van der Waals surface area (Å²) in [6, 6.07) is 4.36. The van der Waals surface area contributed by atoms with Gasteiger partial charge in [-0.25, -0.2) is 4.39 Å². The molecule has 5 heteroatoms. The Morgan fingerprint density at radius 1 is 1.47 bits per heavy atom. The van der Waals surface area contributed by atoms with Crippen LogP contribution in [0.2, 0.25) is 0 Å². The van der Waals surface area contributed by atoms with E-state index < -0.39 is 6.10 Å². The Labute approximate surface area is 113 Å².